The minimum absolute atomic E-state index is 0.0900. The van der Waals surface area contributed by atoms with E-state index in [2.05, 4.69) is 5.32 Å². The molecule has 0 unspecified atom stereocenters. The van der Waals surface area contributed by atoms with Crippen LogP contribution in [0.15, 0.2) is 0 Å². The van der Waals surface area contributed by atoms with E-state index in [-0.39, 0.29) is 17.9 Å². The fraction of sp³-hybridized carbons (Fsp3) is 0.909. The van der Waals surface area contributed by atoms with Crippen molar-refractivity contribution in [3.8, 4) is 0 Å². The molecule has 0 aliphatic carbocycles. The SMILES string of the molecule is CCCC(=O)NCC(CC)(CC)CO. The molecule has 0 bridgehead atoms. The van der Waals surface area contributed by atoms with Crippen LogP contribution in [0.2, 0.25) is 0 Å². The number of hydrogen-bond donors (Lipinski definition) is 2. The van der Waals surface area contributed by atoms with Crippen molar-refractivity contribution in [1.82, 2.24) is 5.32 Å². The van der Waals surface area contributed by atoms with Crippen molar-refractivity contribution in [2.75, 3.05) is 13.2 Å². The maximum Gasteiger partial charge on any atom is 0.220 e. The Labute approximate surface area is 86.9 Å². The lowest BCUT2D eigenvalue weighted by Crippen LogP contribution is -2.39. The van der Waals surface area contributed by atoms with Gasteiger partial charge in [0.05, 0.1) is 6.61 Å². The largest absolute Gasteiger partial charge is 0.396 e. The van der Waals surface area contributed by atoms with Gasteiger partial charge in [0.2, 0.25) is 5.91 Å². The van der Waals surface area contributed by atoms with Crippen molar-refractivity contribution in [2.45, 2.75) is 46.5 Å². The third-order valence-electron chi connectivity index (χ3n) is 2.97. The molecular formula is C11H23NO2. The molecule has 0 spiro atoms. The predicted octanol–water partition coefficient (Wildman–Crippen LogP) is 1.70. The number of nitrogens with one attached hydrogen (secondary N) is 1. The Bertz CT molecular complexity index is 156. The Balaban J connectivity index is 3.99. The number of aliphatic hydroxyl groups excluding tert-OH is 1. The van der Waals surface area contributed by atoms with Crippen LogP contribution in [-0.4, -0.2) is 24.2 Å². The van der Waals surface area contributed by atoms with Gasteiger partial charge in [-0.15, -0.1) is 0 Å². The van der Waals surface area contributed by atoms with Gasteiger partial charge in [-0.3, -0.25) is 4.79 Å². The summed E-state index contributed by atoms with van der Waals surface area (Å²) in [6.07, 6.45) is 3.24. The lowest BCUT2D eigenvalue weighted by atomic mass is 9.83. The molecular weight excluding hydrogens is 178 g/mol. The first kappa shape index (κ1) is 13.4. The van der Waals surface area contributed by atoms with Crippen LogP contribution in [0.25, 0.3) is 0 Å². The summed E-state index contributed by atoms with van der Waals surface area (Å²) in [5, 5.41) is 12.1. The second kappa shape index (κ2) is 6.82. The predicted molar refractivity (Wildman–Crippen MR) is 58.0 cm³/mol. The van der Waals surface area contributed by atoms with Gasteiger partial charge >= 0.3 is 0 Å². The Morgan fingerprint density at radius 1 is 1.29 bits per heavy atom. The number of carbonyl (C=O) groups is 1. The molecule has 0 saturated heterocycles. The standard InChI is InChI=1S/C11H23NO2/c1-4-7-10(14)12-8-11(5-2,6-3)9-13/h13H,4-9H2,1-3H3,(H,12,14). The average Bonchev–Trinajstić information content (AvgIpc) is 2.21. The van der Waals surface area contributed by atoms with E-state index in [1.165, 1.54) is 0 Å². The quantitative estimate of drug-likeness (QED) is 0.658. The van der Waals surface area contributed by atoms with Crippen LogP contribution >= 0.6 is 0 Å². The highest BCUT2D eigenvalue weighted by molar-refractivity contribution is 5.75. The first-order chi connectivity index (χ1) is 6.64. The second-order valence-electron chi connectivity index (χ2n) is 3.89. The minimum atomic E-state index is -0.122. The van der Waals surface area contributed by atoms with Gasteiger partial charge in [0, 0.05) is 18.4 Å². The topological polar surface area (TPSA) is 49.3 Å². The van der Waals surface area contributed by atoms with Crippen LogP contribution in [-0.2, 0) is 4.79 Å². The first-order valence-electron chi connectivity index (χ1n) is 5.51. The van der Waals surface area contributed by atoms with Crippen molar-refractivity contribution >= 4 is 5.91 Å². The van der Waals surface area contributed by atoms with Crippen LogP contribution in [0.1, 0.15) is 46.5 Å². The summed E-state index contributed by atoms with van der Waals surface area (Å²) >= 11 is 0. The fourth-order valence-electron chi connectivity index (χ4n) is 1.38. The van der Waals surface area contributed by atoms with Crippen molar-refractivity contribution < 1.29 is 9.90 Å². The van der Waals surface area contributed by atoms with Crippen molar-refractivity contribution in [1.29, 1.82) is 0 Å². The summed E-state index contributed by atoms with van der Waals surface area (Å²) in [4.78, 5) is 11.2. The summed E-state index contributed by atoms with van der Waals surface area (Å²) in [5.41, 5.74) is -0.122. The van der Waals surface area contributed by atoms with Crippen LogP contribution in [0.3, 0.4) is 0 Å². The van der Waals surface area contributed by atoms with E-state index in [4.69, 9.17) is 0 Å². The van der Waals surface area contributed by atoms with E-state index >= 15 is 0 Å². The van der Waals surface area contributed by atoms with E-state index < -0.39 is 0 Å². The molecule has 0 saturated carbocycles. The number of rotatable bonds is 7. The van der Waals surface area contributed by atoms with E-state index in [1.54, 1.807) is 0 Å². The second-order valence-corrected chi connectivity index (χ2v) is 3.89. The van der Waals surface area contributed by atoms with Gasteiger partial charge in [0.1, 0.15) is 0 Å². The van der Waals surface area contributed by atoms with E-state index in [0.717, 1.165) is 19.3 Å². The Morgan fingerprint density at radius 2 is 1.86 bits per heavy atom. The van der Waals surface area contributed by atoms with E-state index in [9.17, 15) is 9.90 Å². The molecule has 0 aromatic heterocycles. The third-order valence-corrected chi connectivity index (χ3v) is 2.97. The molecule has 0 aliphatic rings. The first-order valence-corrected chi connectivity index (χ1v) is 5.51. The zero-order valence-corrected chi connectivity index (χ0v) is 9.60. The summed E-state index contributed by atoms with van der Waals surface area (Å²) in [5.74, 6) is 0.0900. The highest BCUT2D eigenvalue weighted by Gasteiger charge is 2.25. The summed E-state index contributed by atoms with van der Waals surface area (Å²) < 4.78 is 0. The normalized spacial score (nSPS) is 11.4. The molecule has 0 heterocycles. The molecule has 3 nitrogen and oxygen atoms in total. The number of amides is 1. The Kier molecular flexibility index (Phi) is 6.54. The van der Waals surface area contributed by atoms with Crippen LogP contribution < -0.4 is 5.32 Å². The molecule has 3 heteroatoms. The monoisotopic (exact) mass is 201 g/mol. The van der Waals surface area contributed by atoms with Crippen LogP contribution in [0.4, 0.5) is 0 Å². The zero-order chi connectivity index (χ0) is 11.0. The van der Waals surface area contributed by atoms with Crippen molar-refractivity contribution in [3.05, 3.63) is 0 Å². The van der Waals surface area contributed by atoms with Crippen molar-refractivity contribution in [2.24, 2.45) is 5.41 Å². The minimum Gasteiger partial charge on any atom is -0.396 e. The summed E-state index contributed by atoms with van der Waals surface area (Å²) in [7, 11) is 0. The molecule has 1 amide bonds. The number of aliphatic hydroxyl groups is 1. The molecule has 84 valence electrons. The van der Waals surface area contributed by atoms with E-state index in [0.29, 0.717) is 13.0 Å². The van der Waals surface area contributed by atoms with Gasteiger partial charge in [-0.2, -0.15) is 0 Å². The fourth-order valence-corrected chi connectivity index (χ4v) is 1.38. The lowest BCUT2D eigenvalue weighted by Gasteiger charge is -2.29. The lowest BCUT2D eigenvalue weighted by molar-refractivity contribution is -0.121. The van der Waals surface area contributed by atoms with Gasteiger partial charge in [0.25, 0.3) is 0 Å². The van der Waals surface area contributed by atoms with Crippen LogP contribution in [0, 0.1) is 5.41 Å². The molecule has 14 heavy (non-hydrogen) atoms. The van der Waals surface area contributed by atoms with Gasteiger partial charge in [0.15, 0.2) is 0 Å². The number of carbonyl (C=O) groups excluding carboxylic acids is 1. The molecule has 0 aromatic carbocycles. The summed E-state index contributed by atoms with van der Waals surface area (Å²) in [6, 6.07) is 0. The third kappa shape index (κ3) is 4.09. The van der Waals surface area contributed by atoms with Crippen LogP contribution in [0.5, 0.6) is 0 Å². The molecule has 0 fully saturated rings. The molecule has 0 rings (SSSR count). The molecule has 0 atom stereocenters. The van der Waals surface area contributed by atoms with Gasteiger partial charge in [-0.1, -0.05) is 20.8 Å². The molecule has 0 aromatic rings. The maximum absolute atomic E-state index is 11.2. The Morgan fingerprint density at radius 3 is 2.21 bits per heavy atom. The highest BCUT2D eigenvalue weighted by Crippen LogP contribution is 2.24. The highest BCUT2D eigenvalue weighted by atomic mass is 16.3. The average molecular weight is 201 g/mol. The van der Waals surface area contributed by atoms with Gasteiger partial charge in [-0.05, 0) is 19.3 Å². The van der Waals surface area contributed by atoms with Gasteiger partial charge < -0.3 is 10.4 Å². The van der Waals surface area contributed by atoms with Gasteiger partial charge in [-0.25, -0.2) is 0 Å². The molecule has 0 radical (unpaired) electrons. The molecule has 2 N–H and O–H groups in total. The smallest absolute Gasteiger partial charge is 0.220 e. The maximum atomic E-state index is 11.2. The zero-order valence-electron chi connectivity index (χ0n) is 9.60. The van der Waals surface area contributed by atoms with Crippen molar-refractivity contribution in [3.63, 3.8) is 0 Å². The summed E-state index contributed by atoms with van der Waals surface area (Å²) in [6.45, 7) is 6.82. The number of hydrogen-bond acceptors (Lipinski definition) is 2. The Hall–Kier alpha value is -0.570. The molecule has 0 aliphatic heterocycles. The van der Waals surface area contributed by atoms with E-state index in [1.807, 2.05) is 20.8 Å².